The lowest BCUT2D eigenvalue weighted by molar-refractivity contribution is 0.288. The predicted molar refractivity (Wildman–Crippen MR) is 113 cm³/mol. The van der Waals surface area contributed by atoms with Crippen LogP contribution < -0.4 is 9.47 Å². The van der Waals surface area contributed by atoms with Gasteiger partial charge >= 0.3 is 0 Å². The number of fused-ring (bicyclic) bond motifs is 1. The molecule has 0 saturated heterocycles. The van der Waals surface area contributed by atoms with Crippen LogP contribution in [0.5, 0.6) is 11.5 Å². The van der Waals surface area contributed by atoms with Crippen LogP contribution in [0.3, 0.4) is 0 Å². The van der Waals surface area contributed by atoms with Crippen molar-refractivity contribution in [2.75, 3.05) is 13.2 Å². The molecule has 5 heteroatoms. The van der Waals surface area contributed by atoms with Gasteiger partial charge in [0.05, 0.1) is 13.2 Å². The summed E-state index contributed by atoms with van der Waals surface area (Å²) < 4.78 is 17.0. The Kier molecular flexibility index (Phi) is 5.56. The first-order chi connectivity index (χ1) is 14.1. The lowest BCUT2D eigenvalue weighted by Gasteiger charge is -2.15. The molecule has 1 aromatic heterocycles. The van der Waals surface area contributed by atoms with E-state index in [1.807, 2.05) is 32.0 Å². The highest BCUT2D eigenvalue weighted by atomic mass is 16.5. The number of aromatic nitrogens is 2. The average Bonchev–Trinajstić information content (AvgIpc) is 3.37. The maximum atomic E-state index is 5.72. The van der Waals surface area contributed by atoms with Crippen LogP contribution >= 0.6 is 0 Å². The highest BCUT2D eigenvalue weighted by Gasteiger charge is 2.28. The summed E-state index contributed by atoms with van der Waals surface area (Å²) in [6.07, 6.45) is 2.25. The van der Waals surface area contributed by atoms with Gasteiger partial charge in [-0.25, -0.2) is 0 Å². The molecule has 0 spiro atoms. The third-order valence-electron chi connectivity index (χ3n) is 5.58. The van der Waals surface area contributed by atoms with Crippen molar-refractivity contribution in [1.29, 1.82) is 0 Å². The molecule has 0 bridgehead atoms. The fourth-order valence-corrected chi connectivity index (χ4v) is 4.22. The molecule has 0 saturated carbocycles. The van der Waals surface area contributed by atoms with Crippen LogP contribution in [-0.2, 0) is 6.42 Å². The molecule has 0 aliphatic heterocycles. The van der Waals surface area contributed by atoms with Crippen molar-refractivity contribution < 1.29 is 14.0 Å². The topological polar surface area (TPSA) is 57.4 Å². The van der Waals surface area contributed by atoms with Crippen molar-refractivity contribution in [3.63, 3.8) is 0 Å². The van der Waals surface area contributed by atoms with E-state index in [0.717, 1.165) is 23.3 Å². The first-order valence-electron chi connectivity index (χ1n) is 10.5. The van der Waals surface area contributed by atoms with Crippen LogP contribution in [0.4, 0.5) is 0 Å². The number of hydrogen-bond acceptors (Lipinski definition) is 5. The molecule has 1 atom stereocenters. The Morgan fingerprint density at radius 1 is 1.07 bits per heavy atom. The molecule has 152 valence electrons. The van der Waals surface area contributed by atoms with Crippen LogP contribution in [0.1, 0.15) is 51.2 Å². The molecule has 0 N–H and O–H groups in total. The molecule has 0 fully saturated rings. The van der Waals surface area contributed by atoms with E-state index in [0.29, 0.717) is 42.5 Å². The normalized spacial score (nSPS) is 15.6. The molecule has 1 aliphatic carbocycles. The minimum atomic E-state index is 0.486. The monoisotopic (exact) mass is 392 g/mol. The van der Waals surface area contributed by atoms with E-state index in [-0.39, 0.29) is 0 Å². The molecule has 0 radical (unpaired) electrons. The zero-order chi connectivity index (χ0) is 20.4. The summed E-state index contributed by atoms with van der Waals surface area (Å²) in [6, 6.07) is 12.2. The molecule has 1 aliphatic rings. The molecule has 2 aromatic carbocycles. The molecular weight excluding hydrogens is 364 g/mol. The number of ether oxygens (including phenoxy) is 2. The van der Waals surface area contributed by atoms with E-state index in [2.05, 4.69) is 37.2 Å². The Morgan fingerprint density at radius 3 is 2.62 bits per heavy atom. The largest absolute Gasteiger partial charge is 0.490 e. The van der Waals surface area contributed by atoms with Gasteiger partial charge in [0.15, 0.2) is 11.5 Å². The number of nitrogens with zero attached hydrogens (tertiary/aromatic N) is 2. The van der Waals surface area contributed by atoms with Gasteiger partial charge in [0, 0.05) is 11.1 Å². The molecule has 1 unspecified atom stereocenters. The van der Waals surface area contributed by atoms with Gasteiger partial charge in [-0.05, 0) is 67.9 Å². The Labute approximate surface area is 172 Å². The standard InChI is InChI=1S/C24H28N2O3/c1-5-27-21-13-10-16(14-22(21)28-6-2)24-25-23(26-29-24)20-9-7-8-18-17(15(3)4)11-12-19(18)20/h7-10,13-15,17H,5-6,11-12H2,1-4H3. The maximum absolute atomic E-state index is 5.72. The van der Waals surface area contributed by atoms with Gasteiger partial charge in [-0.1, -0.05) is 37.2 Å². The Hall–Kier alpha value is -2.82. The Morgan fingerprint density at radius 2 is 1.86 bits per heavy atom. The summed E-state index contributed by atoms with van der Waals surface area (Å²) >= 11 is 0. The summed E-state index contributed by atoms with van der Waals surface area (Å²) in [5.41, 5.74) is 4.70. The molecule has 0 amide bonds. The molecule has 4 rings (SSSR count). The number of hydrogen-bond donors (Lipinski definition) is 0. The quantitative estimate of drug-likeness (QED) is 0.502. The van der Waals surface area contributed by atoms with Crippen LogP contribution in [0.25, 0.3) is 22.8 Å². The molecule has 1 heterocycles. The zero-order valence-corrected chi connectivity index (χ0v) is 17.6. The van der Waals surface area contributed by atoms with E-state index < -0.39 is 0 Å². The lowest BCUT2D eigenvalue weighted by atomic mass is 9.89. The molecular formula is C24H28N2O3. The summed E-state index contributed by atoms with van der Waals surface area (Å²) in [5, 5.41) is 4.29. The van der Waals surface area contributed by atoms with E-state index in [4.69, 9.17) is 19.0 Å². The Balaban J connectivity index is 1.68. The SMILES string of the molecule is CCOc1ccc(-c2nc(-c3cccc4c3CCC4C(C)C)no2)cc1OCC. The summed E-state index contributed by atoms with van der Waals surface area (Å²) in [4.78, 5) is 4.70. The Bertz CT molecular complexity index is 994. The van der Waals surface area contributed by atoms with Gasteiger partial charge in [0.2, 0.25) is 5.82 Å². The van der Waals surface area contributed by atoms with Gasteiger partial charge in [-0.2, -0.15) is 4.98 Å². The second-order valence-corrected chi connectivity index (χ2v) is 7.71. The summed E-state index contributed by atoms with van der Waals surface area (Å²) in [5.74, 6) is 3.78. The molecule has 5 nitrogen and oxygen atoms in total. The highest BCUT2D eigenvalue weighted by Crippen LogP contribution is 2.42. The second-order valence-electron chi connectivity index (χ2n) is 7.71. The van der Waals surface area contributed by atoms with Gasteiger partial charge in [0.25, 0.3) is 5.89 Å². The van der Waals surface area contributed by atoms with Crippen LogP contribution in [0.15, 0.2) is 40.9 Å². The van der Waals surface area contributed by atoms with Crippen molar-refractivity contribution in [3.8, 4) is 34.3 Å². The van der Waals surface area contributed by atoms with Crippen LogP contribution in [-0.4, -0.2) is 23.4 Å². The molecule has 29 heavy (non-hydrogen) atoms. The van der Waals surface area contributed by atoms with Crippen molar-refractivity contribution in [1.82, 2.24) is 10.1 Å². The fourth-order valence-electron chi connectivity index (χ4n) is 4.22. The molecule has 3 aromatic rings. The van der Waals surface area contributed by atoms with E-state index >= 15 is 0 Å². The van der Waals surface area contributed by atoms with E-state index in [1.54, 1.807) is 0 Å². The van der Waals surface area contributed by atoms with Crippen molar-refractivity contribution in [2.45, 2.75) is 46.5 Å². The zero-order valence-electron chi connectivity index (χ0n) is 17.6. The maximum Gasteiger partial charge on any atom is 0.258 e. The number of rotatable bonds is 7. The first kappa shape index (κ1) is 19.5. The first-order valence-corrected chi connectivity index (χ1v) is 10.5. The predicted octanol–water partition coefficient (Wildman–Crippen LogP) is 5.89. The van der Waals surface area contributed by atoms with E-state index in [9.17, 15) is 0 Å². The van der Waals surface area contributed by atoms with Crippen LogP contribution in [0.2, 0.25) is 0 Å². The summed E-state index contributed by atoms with van der Waals surface area (Å²) in [7, 11) is 0. The third-order valence-corrected chi connectivity index (χ3v) is 5.58. The fraction of sp³-hybridized carbons (Fsp3) is 0.417. The lowest BCUT2D eigenvalue weighted by Crippen LogP contribution is -2.02. The second kappa shape index (κ2) is 8.27. The summed E-state index contributed by atoms with van der Waals surface area (Å²) in [6.45, 7) is 9.64. The highest BCUT2D eigenvalue weighted by molar-refractivity contribution is 5.67. The number of benzene rings is 2. The smallest absolute Gasteiger partial charge is 0.258 e. The van der Waals surface area contributed by atoms with Crippen molar-refractivity contribution >= 4 is 0 Å². The van der Waals surface area contributed by atoms with E-state index in [1.165, 1.54) is 17.5 Å². The van der Waals surface area contributed by atoms with Gasteiger partial charge in [0.1, 0.15) is 0 Å². The van der Waals surface area contributed by atoms with Gasteiger partial charge in [-0.3, -0.25) is 0 Å². The van der Waals surface area contributed by atoms with Gasteiger partial charge in [-0.15, -0.1) is 0 Å². The third kappa shape index (κ3) is 3.74. The van der Waals surface area contributed by atoms with Gasteiger partial charge < -0.3 is 14.0 Å². The van der Waals surface area contributed by atoms with Crippen LogP contribution in [0, 0.1) is 5.92 Å². The minimum Gasteiger partial charge on any atom is -0.490 e. The average molecular weight is 392 g/mol. The minimum absolute atomic E-state index is 0.486. The van der Waals surface area contributed by atoms with Crippen molar-refractivity contribution in [3.05, 3.63) is 47.5 Å². The van der Waals surface area contributed by atoms with Crippen molar-refractivity contribution in [2.24, 2.45) is 5.92 Å².